The maximum atomic E-state index is 12.7. The molecule has 0 saturated carbocycles. The van der Waals surface area contributed by atoms with E-state index in [1.54, 1.807) is 28.6 Å². The van der Waals surface area contributed by atoms with Gasteiger partial charge in [-0.2, -0.15) is 11.8 Å². The summed E-state index contributed by atoms with van der Waals surface area (Å²) in [5.74, 6) is 1.20. The summed E-state index contributed by atoms with van der Waals surface area (Å²) in [5, 5.41) is 1.99. The normalized spacial score (nSPS) is 24.7. The van der Waals surface area contributed by atoms with Crippen LogP contribution in [0.5, 0.6) is 0 Å². The van der Waals surface area contributed by atoms with E-state index in [9.17, 15) is 9.59 Å². The van der Waals surface area contributed by atoms with E-state index in [2.05, 4.69) is 4.98 Å². The largest absolute Gasteiger partial charge is 0.340 e. The van der Waals surface area contributed by atoms with Crippen molar-refractivity contribution in [1.82, 2.24) is 14.8 Å². The Morgan fingerprint density at radius 1 is 1.45 bits per heavy atom. The lowest BCUT2D eigenvalue weighted by molar-refractivity contribution is -0.140. The summed E-state index contributed by atoms with van der Waals surface area (Å²) >= 11 is 3.24. The van der Waals surface area contributed by atoms with Gasteiger partial charge >= 0.3 is 0 Å². The minimum absolute atomic E-state index is 0.0318. The number of carbonyl (C=O) groups excluding carboxylic acids is 2. The van der Waals surface area contributed by atoms with Crippen molar-refractivity contribution in [3.8, 4) is 0 Å². The third-order valence-electron chi connectivity index (χ3n) is 4.48. The number of nitrogens with zero attached hydrogens (tertiary/aromatic N) is 3. The number of fused-ring (bicyclic) bond motifs is 4. The highest BCUT2D eigenvalue weighted by atomic mass is 32.2. The lowest BCUT2D eigenvalue weighted by Gasteiger charge is -2.35. The van der Waals surface area contributed by atoms with E-state index in [0.29, 0.717) is 26.1 Å². The zero-order chi connectivity index (χ0) is 15.5. The molecule has 4 rings (SSSR count). The molecule has 3 aliphatic heterocycles. The minimum atomic E-state index is -0.0318. The molecule has 2 bridgehead atoms. The smallest absolute Gasteiger partial charge is 0.228 e. The van der Waals surface area contributed by atoms with Crippen LogP contribution in [0.25, 0.3) is 0 Å². The second-order valence-corrected chi connectivity index (χ2v) is 7.62. The Morgan fingerprint density at radius 3 is 3.05 bits per heavy atom. The molecule has 120 valence electrons. The number of thioether (sulfide) groups is 1. The quantitative estimate of drug-likeness (QED) is 0.821. The molecule has 1 aromatic rings. The molecule has 0 spiro atoms. The molecule has 2 amide bonds. The van der Waals surface area contributed by atoms with Gasteiger partial charge in [0.05, 0.1) is 23.7 Å². The molecule has 0 unspecified atom stereocenters. The Kier molecular flexibility index (Phi) is 5.03. The lowest BCUT2D eigenvalue weighted by atomic mass is 9.94. The number of hydrogen-bond acceptors (Lipinski definition) is 5. The molecule has 0 aromatic carbocycles. The molecule has 0 aliphatic carbocycles. The molecule has 2 atom stereocenters. The summed E-state index contributed by atoms with van der Waals surface area (Å²) < 4.78 is 0. The fourth-order valence-electron chi connectivity index (χ4n) is 3.29. The van der Waals surface area contributed by atoms with Crippen molar-refractivity contribution in [2.45, 2.75) is 31.8 Å². The summed E-state index contributed by atoms with van der Waals surface area (Å²) in [7, 11) is 0. The Balaban J connectivity index is 1.71. The van der Waals surface area contributed by atoms with Crippen molar-refractivity contribution in [3.05, 3.63) is 16.6 Å². The van der Waals surface area contributed by atoms with Crippen LogP contribution in [0, 0.1) is 5.92 Å². The van der Waals surface area contributed by atoms with Crippen molar-refractivity contribution in [1.29, 1.82) is 0 Å². The first-order valence-electron chi connectivity index (χ1n) is 7.63. The van der Waals surface area contributed by atoms with Crippen molar-refractivity contribution in [2.75, 3.05) is 25.1 Å². The molecular formula is C15H21N3O2S2. The van der Waals surface area contributed by atoms with Crippen LogP contribution in [-0.2, 0) is 16.1 Å². The SMILES string of the molecule is CSCCC(=O)N1C[C@@H]2CC[C@H](C1)N(Cc1cscn1)C2=O. The van der Waals surface area contributed by atoms with Gasteiger partial charge in [-0.05, 0) is 19.1 Å². The van der Waals surface area contributed by atoms with Gasteiger partial charge in [-0.1, -0.05) is 0 Å². The highest BCUT2D eigenvalue weighted by Crippen LogP contribution is 2.30. The van der Waals surface area contributed by atoms with E-state index < -0.39 is 0 Å². The molecule has 3 fully saturated rings. The van der Waals surface area contributed by atoms with Gasteiger partial charge in [0.1, 0.15) is 0 Å². The first-order valence-corrected chi connectivity index (χ1v) is 9.97. The summed E-state index contributed by atoms with van der Waals surface area (Å²) in [5.41, 5.74) is 2.75. The van der Waals surface area contributed by atoms with Gasteiger partial charge in [0.25, 0.3) is 0 Å². The second-order valence-electron chi connectivity index (χ2n) is 5.92. The van der Waals surface area contributed by atoms with E-state index in [0.717, 1.165) is 24.3 Å². The van der Waals surface area contributed by atoms with Gasteiger partial charge in [0.15, 0.2) is 0 Å². The first kappa shape index (κ1) is 15.8. The van der Waals surface area contributed by atoms with Gasteiger partial charge < -0.3 is 9.80 Å². The fraction of sp³-hybridized carbons (Fsp3) is 0.667. The van der Waals surface area contributed by atoms with Crippen LogP contribution < -0.4 is 0 Å². The molecule has 0 N–H and O–H groups in total. The van der Waals surface area contributed by atoms with Crippen LogP contribution >= 0.6 is 23.1 Å². The van der Waals surface area contributed by atoms with Crippen LogP contribution in [-0.4, -0.2) is 57.7 Å². The Bertz CT molecular complexity index is 535. The van der Waals surface area contributed by atoms with Crippen LogP contribution in [0.15, 0.2) is 10.9 Å². The van der Waals surface area contributed by atoms with E-state index in [1.807, 2.05) is 21.4 Å². The average molecular weight is 339 g/mol. The molecule has 7 heteroatoms. The number of rotatable bonds is 5. The molecule has 3 aliphatic rings. The summed E-state index contributed by atoms with van der Waals surface area (Å²) in [6, 6.07) is 0.145. The number of aromatic nitrogens is 1. The van der Waals surface area contributed by atoms with Crippen molar-refractivity contribution in [3.63, 3.8) is 0 Å². The van der Waals surface area contributed by atoms with Gasteiger partial charge in [0, 0.05) is 36.7 Å². The van der Waals surface area contributed by atoms with Crippen molar-refractivity contribution >= 4 is 34.9 Å². The predicted octanol–water partition coefficient (Wildman–Crippen LogP) is 1.85. The van der Waals surface area contributed by atoms with Crippen LogP contribution in [0.1, 0.15) is 25.0 Å². The van der Waals surface area contributed by atoms with Gasteiger partial charge in [0.2, 0.25) is 11.8 Å². The summed E-state index contributed by atoms with van der Waals surface area (Å²) in [6.45, 7) is 1.85. The van der Waals surface area contributed by atoms with Crippen molar-refractivity contribution in [2.24, 2.45) is 5.92 Å². The highest BCUT2D eigenvalue weighted by molar-refractivity contribution is 7.98. The van der Waals surface area contributed by atoms with Gasteiger partial charge in [-0.25, -0.2) is 4.98 Å². The highest BCUT2D eigenvalue weighted by Gasteiger charge is 2.41. The number of amides is 2. The van der Waals surface area contributed by atoms with E-state index >= 15 is 0 Å². The first-order chi connectivity index (χ1) is 10.7. The maximum absolute atomic E-state index is 12.7. The third-order valence-corrected chi connectivity index (χ3v) is 5.73. The lowest BCUT2D eigenvalue weighted by Crippen LogP contribution is -2.47. The molecule has 4 heterocycles. The number of hydrogen-bond donors (Lipinski definition) is 0. The van der Waals surface area contributed by atoms with E-state index in [4.69, 9.17) is 0 Å². The minimum Gasteiger partial charge on any atom is -0.340 e. The predicted molar refractivity (Wildman–Crippen MR) is 88.8 cm³/mol. The van der Waals surface area contributed by atoms with Crippen LogP contribution in [0.4, 0.5) is 0 Å². The Labute approximate surface area is 139 Å². The summed E-state index contributed by atoms with van der Waals surface area (Å²) in [6.07, 6.45) is 4.48. The Morgan fingerprint density at radius 2 is 2.32 bits per heavy atom. The molecule has 3 saturated heterocycles. The van der Waals surface area contributed by atoms with Crippen LogP contribution in [0.3, 0.4) is 0 Å². The monoisotopic (exact) mass is 339 g/mol. The second kappa shape index (κ2) is 7.00. The Hall–Kier alpha value is -1.08. The molecule has 22 heavy (non-hydrogen) atoms. The maximum Gasteiger partial charge on any atom is 0.228 e. The topological polar surface area (TPSA) is 53.5 Å². The third kappa shape index (κ3) is 3.30. The van der Waals surface area contributed by atoms with Gasteiger partial charge in [-0.15, -0.1) is 11.3 Å². The summed E-state index contributed by atoms with van der Waals surface area (Å²) in [4.78, 5) is 33.2. The standard InChI is InChI=1S/C15H21N3O2S2/c1-21-5-4-14(19)17-6-11-2-3-13(8-17)18(15(11)20)7-12-9-22-10-16-12/h9-11,13H,2-8H2,1H3/t11-,13+/m0/s1. The number of carbonyl (C=O) groups is 2. The molecule has 5 nitrogen and oxygen atoms in total. The van der Waals surface area contributed by atoms with E-state index in [-0.39, 0.29) is 23.8 Å². The number of thiazole rings is 1. The average Bonchev–Trinajstić information content (AvgIpc) is 2.88. The van der Waals surface area contributed by atoms with Crippen molar-refractivity contribution < 1.29 is 9.59 Å². The number of piperidine rings is 1. The molecule has 1 aromatic heterocycles. The molecular weight excluding hydrogens is 318 g/mol. The zero-order valence-corrected chi connectivity index (χ0v) is 14.4. The van der Waals surface area contributed by atoms with E-state index in [1.165, 1.54) is 0 Å². The zero-order valence-electron chi connectivity index (χ0n) is 12.7. The fourth-order valence-corrected chi connectivity index (χ4v) is 4.22. The van der Waals surface area contributed by atoms with Gasteiger partial charge in [-0.3, -0.25) is 9.59 Å². The van der Waals surface area contributed by atoms with Crippen LogP contribution in [0.2, 0.25) is 0 Å². The molecule has 0 radical (unpaired) electrons.